The smallest absolute Gasteiger partial charge is 0.249 e. The van der Waals surface area contributed by atoms with Crippen molar-refractivity contribution in [1.82, 2.24) is 15.2 Å². The van der Waals surface area contributed by atoms with Gasteiger partial charge < -0.3 is 10.2 Å². The number of hydrogen-bond donors (Lipinski definition) is 1. The Morgan fingerprint density at radius 1 is 1.36 bits per heavy atom. The van der Waals surface area contributed by atoms with Crippen molar-refractivity contribution in [1.29, 1.82) is 0 Å². The number of aromatic nitrogens is 3. The van der Waals surface area contributed by atoms with Crippen LogP contribution in [-0.4, -0.2) is 28.3 Å². The molecule has 2 heterocycles. The highest BCUT2D eigenvalue weighted by molar-refractivity contribution is 9.10. The second-order valence-corrected chi connectivity index (χ2v) is 6.77. The number of aryl methyl sites for hydroxylation is 1. The molecule has 0 radical (unpaired) electrons. The van der Waals surface area contributed by atoms with E-state index >= 15 is 0 Å². The van der Waals surface area contributed by atoms with Gasteiger partial charge in [0.25, 0.3) is 0 Å². The van der Waals surface area contributed by atoms with Gasteiger partial charge in [0.15, 0.2) is 5.82 Å². The minimum Gasteiger partial charge on any atom is -0.355 e. The van der Waals surface area contributed by atoms with Crippen LogP contribution in [0.1, 0.15) is 25.3 Å². The van der Waals surface area contributed by atoms with Crippen molar-refractivity contribution in [2.75, 3.05) is 23.3 Å². The molecule has 22 heavy (non-hydrogen) atoms. The van der Waals surface area contributed by atoms with Gasteiger partial charge in [0, 0.05) is 23.2 Å². The number of benzene rings is 1. The van der Waals surface area contributed by atoms with Crippen LogP contribution in [-0.2, 0) is 0 Å². The van der Waals surface area contributed by atoms with E-state index in [4.69, 9.17) is 0 Å². The topological polar surface area (TPSA) is 53.9 Å². The van der Waals surface area contributed by atoms with Crippen LogP contribution >= 0.6 is 15.9 Å². The number of halogens is 1. The fourth-order valence-electron chi connectivity index (χ4n) is 2.70. The Bertz CT molecular complexity index is 661. The Morgan fingerprint density at radius 2 is 2.23 bits per heavy atom. The molecule has 0 amide bonds. The van der Waals surface area contributed by atoms with E-state index in [2.05, 4.69) is 61.2 Å². The summed E-state index contributed by atoms with van der Waals surface area (Å²) >= 11 is 3.54. The Kier molecular flexibility index (Phi) is 4.57. The highest BCUT2D eigenvalue weighted by Gasteiger charge is 2.18. The molecular formula is C16H20BrN5. The first-order valence-electron chi connectivity index (χ1n) is 7.59. The summed E-state index contributed by atoms with van der Waals surface area (Å²) < 4.78 is 1.06. The van der Waals surface area contributed by atoms with Crippen LogP contribution < -0.4 is 10.2 Å². The predicted octanol–water partition coefficient (Wildman–Crippen LogP) is 3.92. The quantitative estimate of drug-likeness (QED) is 0.897. The Balaban J connectivity index is 1.77. The van der Waals surface area contributed by atoms with Crippen molar-refractivity contribution in [2.45, 2.75) is 26.7 Å². The Labute approximate surface area is 139 Å². The lowest BCUT2D eigenvalue weighted by Gasteiger charge is -2.31. The van der Waals surface area contributed by atoms with Crippen LogP contribution in [0.15, 0.2) is 28.9 Å². The van der Waals surface area contributed by atoms with E-state index in [0.717, 1.165) is 29.1 Å². The van der Waals surface area contributed by atoms with Crippen molar-refractivity contribution < 1.29 is 0 Å². The molecular weight excluding hydrogens is 342 g/mol. The average molecular weight is 362 g/mol. The van der Waals surface area contributed by atoms with Crippen LogP contribution in [0.2, 0.25) is 0 Å². The molecule has 0 saturated carbocycles. The van der Waals surface area contributed by atoms with E-state index in [1.165, 1.54) is 18.4 Å². The molecule has 1 aliphatic rings. The zero-order chi connectivity index (χ0) is 15.5. The van der Waals surface area contributed by atoms with Crippen molar-refractivity contribution >= 4 is 33.4 Å². The number of nitrogens with zero attached hydrogens (tertiary/aromatic N) is 4. The predicted molar refractivity (Wildman–Crippen MR) is 92.6 cm³/mol. The molecule has 1 atom stereocenters. The molecule has 0 spiro atoms. The Hall–Kier alpha value is -1.69. The van der Waals surface area contributed by atoms with E-state index in [1.807, 2.05) is 12.1 Å². The fourth-order valence-corrected chi connectivity index (χ4v) is 3.08. The minimum atomic E-state index is 0.534. The van der Waals surface area contributed by atoms with Gasteiger partial charge in [-0.3, -0.25) is 0 Å². The summed E-state index contributed by atoms with van der Waals surface area (Å²) in [6.07, 6.45) is 4.24. The number of rotatable bonds is 3. The molecule has 0 bridgehead atoms. The molecule has 6 heteroatoms. The van der Waals surface area contributed by atoms with Crippen molar-refractivity contribution in [3.63, 3.8) is 0 Å². The summed E-state index contributed by atoms with van der Waals surface area (Å²) in [5, 5.41) is 11.4. The van der Waals surface area contributed by atoms with Gasteiger partial charge in [0.05, 0.1) is 6.20 Å². The first kappa shape index (κ1) is 15.2. The van der Waals surface area contributed by atoms with Gasteiger partial charge in [-0.05, 0) is 43.4 Å². The van der Waals surface area contributed by atoms with Crippen LogP contribution in [0, 0.1) is 12.8 Å². The van der Waals surface area contributed by atoms with Gasteiger partial charge in [-0.1, -0.05) is 28.9 Å². The average Bonchev–Trinajstić information content (AvgIpc) is 2.51. The molecule has 2 aromatic rings. The van der Waals surface area contributed by atoms with Gasteiger partial charge in [-0.15, -0.1) is 5.10 Å². The van der Waals surface area contributed by atoms with Crippen molar-refractivity contribution in [3.8, 4) is 0 Å². The molecule has 1 N–H and O–H groups in total. The summed E-state index contributed by atoms with van der Waals surface area (Å²) in [7, 11) is 0. The molecule has 1 saturated heterocycles. The second kappa shape index (κ2) is 6.60. The number of anilines is 3. The van der Waals surface area contributed by atoms with Gasteiger partial charge in [-0.25, -0.2) is 0 Å². The molecule has 1 unspecified atom stereocenters. The number of piperidine rings is 1. The maximum Gasteiger partial charge on any atom is 0.249 e. The van der Waals surface area contributed by atoms with E-state index < -0.39 is 0 Å². The monoisotopic (exact) mass is 361 g/mol. The lowest BCUT2D eigenvalue weighted by Crippen LogP contribution is -2.35. The third kappa shape index (κ3) is 3.55. The maximum atomic E-state index is 4.60. The van der Waals surface area contributed by atoms with E-state index in [0.29, 0.717) is 11.9 Å². The van der Waals surface area contributed by atoms with Crippen molar-refractivity contribution in [2.24, 2.45) is 5.92 Å². The fraction of sp³-hybridized carbons (Fsp3) is 0.438. The van der Waals surface area contributed by atoms with E-state index in [1.54, 1.807) is 6.20 Å². The SMILES string of the molecule is Cc1ccc(Nc2nncc(N3CCCC(C)C3)n2)cc1Br. The van der Waals surface area contributed by atoms with E-state index in [9.17, 15) is 0 Å². The third-order valence-corrected chi connectivity index (χ3v) is 4.81. The summed E-state index contributed by atoms with van der Waals surface area (Å²) in [6, 6.07) is 6.09. The van der Waals surface area contributed by atoms with Crippen LogP contribution in [0.3, 0.4) is 0 Å². The summed E-state index contributed by atoms with van der Waals surface area (Å²) in [5.41, 5.74) is 2.14. The largest absolute Gasteiger partial charge is 0.355 e. The first-order chi connectivity index (χ1) is 10.6. The van der Waals surface area contributed by atoms with Crippen molar-refractivity contribution in [3.05, 3.63) is 34.4 Å². The molecule has 116 valence electrons. The standard InChI is InChI=1S/C16H20BrN5/c1-11-4-3-7-22(10-11)15-9-18-21-16(20-15)19-13-6-5-12(2)14(17)8-13/h5-6,8-9,11H,3-4,7,10H2,1-2H3,(H,19,20,21). The second-order valence-electron chi connectivity index (χ2n) is 5.92. The lowest BCUT2D eigenvalue weighted by atomic mass is 10.0. The lowest BCUT2D eigenvalue weighted by molar-refractivity contribution is 0.444. The van der Waals surface area contributed by atoms with Crippen LogP contribution in [0.4, 0.5) is 17.5 Å². The zero-order valence-electron chi connectivity index (χ0n) is 12.9. The molecule has 1 fully saturated rings. The summed E-state index contributed by atoms with van der Waals surface area (Å²) in [6.45, 7) is 6.42. The van der Waals surface area contributed by atoms with Gasteiger partial charge in [0.1, 0.15) is 0 Å². The number of nitrogens with one attached hydrogen (secondary N) is 1. The molecule has 3 rings (SSSR count). The zero-order valence-corrected chi connectivity index (χ0v) is 14.5. The van der Waals surface area contributed by atoms with Gasteiger partial charge in [0.2, 0.25) is 5.95 Å². The summed E-state index contributed by atoms with van der Waals surface area (Å²) in [5.74, 6) is 2.13. The van der Waals surface area contributed by atoms with Gasteiger partial charge >= 0.3 is 0 Å². The minimum absolute atomic E-state index is 0.534. The molecule has 1 aromatic heterocycles. The first-order valence-corrected chi connectivity index (χ1v) is 8.39. The molecule has 5 nitrogen and oxygen atoms in total. The molecule has 0 aliphatic carbocycles. The highest BCUT2D eigenvalue weighted by Crippen LogP contribution is 2.24. The van der Waals surface area contributed by atoms with Gasteiger partial charge in [-0.2, -0.15) is 10.1 Å². The third-order valence-electron chi connectivity index (χ3n) is 3.96. The maximum absolute atomic E-state index is 4.60. The van der Waals surface area contributed by atoms with Crippen LogP contribution in [0.25, 0.3) is 0 Å². The van der Waals surface area contributed by atoms with E-state index in [-0.39, 0.29) is 0 Å². The Morgan fingerprint density at radius 3 is 3.00 bits per heavy atom. The summed E-state index contributed by atoms with van der Waals surface area (Å²) in [4.78, 5) is 6.89. The van der Waals surface area contributed by atoms with Crippen LogP contribution in [0.5, 0.6) is 0 Å². The molecule has 1 aromatic carbocycles. The molecule has 1 aliphatic heterocycles. The normalized spacial score (nSPS) is 18.3. The number of hydrogen-bond acceptors (Lipinski definition) is 5. The highest BCUT2D eigenvalue weighted by atomic mass is 79.9.